The molecule has 0 amide bonds. The average molecular weight is 430 g/mol. The zero-order valence-electron chi connectivity index (χ0n) is 16.1. The Morgan fingerprint density at radius 2 is 2.03 bits per heavy atom. The van der Waals surface area contributed by atoms with E-state index in [1.807, 2.05) is 0 Å². The first-order valence-electron chi connectivity index (χ1n) is 9.57. The molecule has 0 bridgehead atoms. The smallest absolute Gasteiger partial charge is 0.408 e. The van der Waals surface area contributed by atoms with Gasteiger partial charge in [0.1, 0.15) is 29.3 Å². The van der Waals surface area contributed by atoms with Gasteiger partial charge in [-0.3, -0.25) is 4.79 Å². The summed E-state index contributed by atoms with van der Waals surface area (Å²) in [5.74, 6) is -3.90. The van der Waals surface area contributed by atoms with Crippen molar-refractivity contribution in [1.82, 2.24) is 4.98 Å². The summed E-state index contributed by atoms with van der Waals surface area (Å²) in [6.45, 7) is 0.697. The molecule has 1 aromatic rings. The molecule has 1 unspecified atom stereocenters. The Bertz CT molecular complexity index is 921. The molecule has 0 radical (unpaired) electrons. The third kappa shape index (κ3) is 3.22. The normalized spacial score (nSPS) is 22.8. The summed E-state index contributed by atoms with van der Waals surface area (Å²) in [6.07, 6.45) is -5.09. The lowest BCUT2D eigenvalue weighted by atomic mass is 9.94. The minimum absolute atomic E-state index is 0.0133. The number of fused-ring (bicyclic) bond motifs is 1. The molecule has 11 heteroatoms. The second-order valence-corrected chi connectivity index (χ2v) is 7.89. The highest BCUT2D eigenvalue weighted by molar-refractivity contribution is 5.72. The van der Waals surface area contributed by atoms with Crippen LogP contribution >= 0.6 is 0 Å². The third-order valence-corrected chi connectivity index (χ3v) is 6.03. The summed E-state index contributed by atoms with van der Waals surface area (Å²) in [5, 5.41) is 9.55. The maximum absolute atomic E-state index is 14.6. The Kier molecular flexibility index (Phi) is 4.78. The number of nitriles is 1. The predicted molar refractivity (Wildman–Crippen MR) is 95.3 cm³/mol. The lowest BCUT2D eigenvalue weighted by Gasteiger charge is -2.45. The van der Waals surface area contributed by atoms with Gasteiger partial charge in [0.2, 0.25) is 0 Å². The maximum atomic E-state index is 14.6. The van der Waals surface area contributed by atoms with Crippen LogP contribution in [0.25, 0.3) is 0 Å². The number of alkyl halides is 5. The molecule has 0 saturated carbocycles. The standard InChI is InChI=1S/C19H19F5N4O2/c1-30-14(29)6-10-8-27(9-10)16-11-2-4-18(20,21)15(11)12(7-25)17(26-16)28-5-3-13(28)19(22,23)24/h10,13H,2-6,8-9H2,1H3. The number of methoxy groups -OCH3 is 1. The average Bonchev–Trinajstić information content (AvgIpc) is 2.90. The lowest BCUT2D eigenvalue weighted by molar-refractivity contribution is -0.159. The number of ether oxygens (including phenoxy) is 1. The third-order valence-electron chi connectivity index (χ3n) is 6.03. The summed E-state index contributed by atoms with van der Waals surface area (Å²) >= 11 is 0. The van der Waals surface area contributed by atoms with E-state index in [0.717, 1.165) is 4.90 Å². The maximum Gasteiger partial charge on any atom is 0.408 e. The van der Waals surface area contributed by atoms with Crippen LogP contribution in [-0.4, -0.2) is 49.9 Å². The molecule has 0 N–H and O–H groups in total. The second kappa shape index (κ2) is 6.96. The minimum Gasteiger partial charge on any atom is -0.469 e. The van der Waals surface area contributed by atoms with Crippen molar-refractivity contribution < 1.29 is 31.5 Å². The van der Waals surface area contributed by atoms with Crippen molar-refractivity contribution >= 4 is 17.6 Å². The molecule has 6 nitrogen and oxygen atoms in total. The molecule has 0 aromatic carbocycles. The number of carbonyl (C=O) groups is 1. The van der Waals surface area contributed by atoms with Crippen LogP contribution in [0.5, 0.6) is 0 Å². The molecule has 1 atom stereocenters. The number of hydrogen-bond acceptors (Lipinski definition) is 6. The van der Waals surface area contributed by atoms with E-state index in [1.54, 1.807) is 11.0 Å². The molecule has 30 heavy (non-hydrogen) atoms. The largest absolute Gasteiger partial charge is 0.469 e. The van der Waals surface area contributed by atoms with Gasteiger partial charge < -0.3 is 14.5 Å². The molecule has 3 aliphatic rings. The molecule has 1 aliphatic carbocycles. The summed E-state index contributed by atoms with van der Waals surface area (Å²) in [6, 6.07) is -0.160. The number of halogens is 5. The van der Waals surface area contributed by atoms with Crippen molar-refractivity contribution in [3.05, 3.63) is 16.7 Å². The Morgan fingerprint density at radius 1 is 1.33 bits per heavy atom. The second-order valence-electron chi connectivity index (χ2n) is 7.89. The number of pyridine rings is 1. The van der Waals surface area contributed by atoms with Crippen LogP contribution in [0.15, 0.2) is 0 Å². The van der Waals surface area contributed by atoms with Crippen LogP contribution in [-0.2, 0) is 21.9 Å². The fraction of sp³-hybridized carbons (Fsp3) is 0.632. The number of carbonyl (C=O) groups excluding carboxylic acids is 1. The van der Waals surface area contributed by atoms with E-state index >= 15 is 0 Å². The van der Waals surface area contributed by atoms with Gasteiger partial charge in [-0.2, -0.15) is 18.4 Å². The van der Waals surface area contributed by atoms with Crippen LogP contribution in [0, 0.1) is 17.2 Å². The van der Waals surface area contributed by atoms with Crippen molar-refractivity contribution in [2.75, 3.05) is 36.5 Å². The van der Waals surface area contributed by atoms with Crippen LogP contribution in [0.4, 0.5) is 33.6 Å². The van der Waals surface area contributed by atoms with Gasteiger partial charge >= 0.3 is 12.1 Å². The summed E-state index contributed by atoms with van der Waals surface area (Å²) in [4.78, 5) is 18.3. The van der Waals surface area contributed by atoms with Crippen LogP contribution in [0.1, 0.15) is 36.0 Å². The molecule has 162 valence electrons. The molecular formula is C19H19F5N4O2. The minimum atomic E-state index is -4.54. The molecule has 4 rings (SSSR count). The Hall–Kier alpha value is -2.64. The number of aromatic nitrogens is 1. The Balaban J connectivity index is 1.73. The van der Waals surface area contributed by atoms with E-state index in [-0.39, 0.29) is 48.9 Å². The molecule has 2 saturated heterocycles. The van der Waals surface area contributed by atoms with Crippen molar-refractivity contribution in [1.29, 1.82) is 5.26 Å². The van der Waals surface area contributed by atoms with Gasteiger partial charge in [-0.1, -0.05) is 0 Å². The molecule has 3 heterocycles. The molecular weight excluding hydrogens is 411 g/mol. The van der Waals surface area contributed by atoms with Crippen molar-refractivity contribution in [2.24, 2.45) is 5.92 Å². The SMILES string of the molecule is COC(=O)CC1CN(c2nc(N3CCC3C(F)(F)F)c(C#N)c3c2CCC3(F)F)C1. The Morgan fingerprint density at radius 3 is 2.57 bits per heavy atom. The molecule has 1 aromatic heterocycles. The first-order chi connectivity index (χ1) is 14.1. The van der Waals surface area contributed by atoms with Gasteiger partial charge in [-0.15, -0.1) is 0 Å². The van der Waals surface area contributed by atoms with E-state index in [4.69, 9.17) is 0 Å². The van der Waals surface area contributed by atoms with E-state index in [0.29, 0.717) is 13.1 Å². The Labute approximate surface area is 169 Å². The van der Waals surface area contributed by atoms with E-state index in [1.165, 1.54) is 7.11 Å². The van der Waals surface area contributed by atoms with E-state index in [9.17, 15) is 32.0 Å². The number of hydrogen-bond donors (Lipinski definition) is 0. The summed E-state index contributed by atoms with van der Waals surface area (Å²) in [7, 11) is 1.27. The van der Waals surface area contributed by atoms with E-state index < -0.39 is 41.7 Å². The van der Waals surface area contributed by atoms with Gasteiger partial charge in [-0.25, -0.2) is 13.8 Å². The zero-order chi connectivity index (χ0) is 21.8. The number of anilines is 2. The van der Waals surface area contributed by atoms with Gasteiger partial charge in [0.05, 0.1) is 13.5 Å². The monoisotopic (exact) mass is 430 g/mol. The summed E-state index contributed by atoms with van der Waals surface area (Å²) < 4.78 is 73.8. The number of esters is 1. The van der Waals surface area contributed by atoms with Gasteiger partial charge in [0.25, 0.3) is 5.92 Å². The number of nitrogens with zero attached hydrogens (tertiary/aromatic N) is 4. The van der Waals surface area contributed by atoms with Crippen LogP contribution < -0.4 is 9.80 Å². The predicted octanol–water partition coefficient (Wildman–Crippen LogP) is 3.13. The van der Waals surface area contributed by atoms with Crippen LogP contribution in [0.3, 0.4) is 0 Å². The van der Waals surface area contributed by atoms with Gasteiger partial charge in [0.15, 0.2) is 0 Å². The molecule has 0 spiro atoms. The first kappa shape index (κ1) is 20.6. The van der Waals surface area contributed by atoms with Crippen molar-refractivity contribution in [2.45, 2.75) is 43.8 Å². The fourth-order valence-corrected chi connectivity index (χ4v) is 4.39. The molecule has 2 fully saturated rings. The highest BCUT2D eigenvalue weighted by Crippen LogP contribution is 2.50. The van der Waals surface area contributed by atoms with Gasteiger partial charge in [-0.05, 0) is 12.8 Å². The van der Waals surface area contributed by atoms with Crippen molar-refractivity contribution in [3.63, 3.8) is 0 Å². The zero-order valence-corrected chi connectivity index (χ0v) is 16.1. The number of rotatable bonds is 4. The highest BCUT2D eigenvalue weighted by atomic mass is 19.4. The quantitative estimate of drug-likeness (QED) is 0.540. The fourth-order valence-electron chi connectivity index (χ4n) is 4.39. The van der Waals surface area contributed by atoms with Crippen molar-refractivity contribution in [3.8, 4) is 6.07 Å². The summed E-state index contributed by atoms with van der Waals surface area (Å²) in [5.41, 5.74) is -0.771. The molecule has 2 aliphatic heterocycles. The first-order valence-corrected chi connectivity index (χ1v) is 9.57. The highest BCUT2D eigenvalue weighted by Gasteiger charge is 2.52. The van der Waals surface area contributed by atoms with E-state index in [2.05, 4.69) is 9.72 Å². The van der Waals surface area contributed by atoms with Gasteiger partial charge in [0, 0.05) is 43.1 Å². The topological polar surface area (TPSA) is 69.5 Å². The van der Waals surface area contributed by atoms with Crippen LogP contribution in [0.2, 0.25) is 0 Å². The lowest BCUT2D eigenvalue weighted by Crippen LogP contribution is -2.57.